The van der Waals surface area contributed by atoms with Crippen LogP contribution in [0.4, 0.5) is 48.3 Å². The van der Waals surface area contributed by atoms with Gasteiger partial charge in [0.15, 0.2) is 10.1 Å². The molecule has 0 aromatic rings. The van der Waals surface area contributed by atoms with Crippen LogP contribution in [0.1, 0.15) is 19.3 Å². The van der Waals surface area contributed by atoms with Gasteiger partial charge < -0.3 is 4.55 Å². The predicted octanol–water partition coefficient (Wildman–Crippen LogP) is 0.767. The SMILES string of the molecule is O=S(=O)([O-])C(F)(F)C(F)(F)C(F)(F)C(F)(F)CCCC(F)(F)F.[Na+]. The van der Waals surface area contributed by atoms with E-state index in [4.69, 9.17) is 0 Å². The maximum atomic E-state index is 13.0. The first-order valence-electron chi connectivity index (χ1n) is 5.24. The minimum Gasteiger partial charge on any atom is -0.743 e. The maximum absolute atomic E-state index is 13.0. The summed E-state index contributed by atoms with van der Waals surface area (Å²) in [5, 5.41) is -7.11. The summed E-state index contributed by atoms with van der Waals surface area (Å²) >= 11 is 0. The van der Waals surface area contributed by atoms with E-state index in [-0.39, 0.29) is 29.6 Å². The summed E-state index contributed by atoms with van der Waals surface area (Å²) in [5.41, 5.74) is 0. The summed E-state index contributed by atoms with van der Waals surface area (Å²) in [6, 6.07) is 0. The van der Waals surface area contributed by atoms with Crippen LogP contribution < -0.4 is 29.6 Å². The Morgan fingerprint density at radius 3 is 1.38 bits per heavy atom. The van der Waals surface area contributed by atoms with E-state index in [0.717, 1.165) is 0 Å². The zero-order valence-electron chi connectivity index (χ0n) is 11.4. The molecule has 140 valence electrons. The Hall–Kier alpha value is 0.140. The van der Waals surface area contributed by atoms with E-state index >= 15 is 0 Å². The molecule has 0 N–H and O–H groups in total. The van der Waals surface area contributed by atoms with Crippen molar-refractivity contribution < 1.29 is 90.8 Å². The Bertz CT molecular complexity index is 528. The van der Waals surface area contributed by atoms with Gasteiger partial charge in [0.2, 0.25) is 0 Å². The topological polar surface area (TPSA) is 57.2 Å². The third kappa shape index (κ3) is 5.08. The molecule has 0 amide bonds. The molecule has 0 aromatic carbocycles. The summed E-state index contributed by atoms with van der Waals surface area (Å²) in [7, 11) is -7.47. The van der Waals surface area contributed by atoms with Gasteiger partial charge in [-0.2, -0.15) is 48.3 Å². The van der Waals surface area contributed by atoms with Gasteiger partial charge in [-0.3, -0.25) is 0 Å². The van der Waals surface area contributed by atoms with E-state index in [2.05, 4.69) is 0 Å². The van der Waals surface area contributed by atoms with Gasteiger partial charge in [-0.05, 0) is 6.42 Å². The summed E-state index contributed by atoms with van der Waals surface area (Å²) in [6.45, 7) is 0. The molecule has 0 aliphatic carbocycles. The molecule has 0 atom stereocenters. The number of hydrogen-bond acceptors (Lipinski definition) is 3. The molecule has 0 saturated carbocycles. The molecule has 3 nitrogen and oxygen atoms in total. The third-order valence-corrected chi connectivity index (χ3v) is 3.37. The zero-order chi connectivity index (χ0) is 19.1. The van der Waals surface area contributed by atoms with E-state index in [0.29, 0.717) is 0 Å². The Morgan fingerprint density at radius 1 is 0.708 bits per heavy atom. The van der Waals surface area contributed by atoms with Crippen LogP contribution in [0.15, 0.2) is 0 Å². The molecule has 0 radical (unpaired) electrons. The largest absolute Gasteiger partial charge is 1.00 e. The van der Waals surface area contributed by atoms with Crippen LogP contribution in [-0.2, 0) is 10.1 Å². The average Bonchev–Trinajstić information content (AvgIpc) is 2.24. The summed E-state index contributed by atoms with van der Waals surface area (Å²) < 4.78 is 168. The third-order valence-electron chi connectivity index (χ3n) is 2.48. The van der Waals surface area contributed by atoms with Crippen molar-refractivity contribution in [1.82, 2.24) is 0 Å². The van der Waals surface area contributed by atoms with Gasteiger partial charge in [-0.25, -0.2) is 8.42 Å². The summed E-state index contributed by atoms with van der Waals surface area (Å²) in [5.74, 6) is -20.6. The molecule has 0 saturated heterocycles. The maximum Gasteiger partial charge on any atom is 1.00 e. The Kier molecular flexibility index (Phi) is 8.14. The van der Waals surface area contributed by atoms with E-state index in [1.807, 2.05) is 0 Å². The van der Waals surface area contributed by atoms with Gasteiger partial charge in [0.1, 0.15) is 0 Å². The van der Waals surface area contributed by atoms with Crippen LogP contribution in [0.3, 0.4) is 0 Å². The second-order valence-electron chi connectivity index (χ2n) is 4.29. The van der Waals surface area contributed by atoms with Gasteiger partial charge in [0, 0.05) is 12.8 Å². The van der Waals surface area contributed by atoms with Gasteiger partial charge in [0.05, 0.1) is 0 Å². The molecule has 0 aliphatic rings. The molecular weight excluding hydrogens is 408 g/mol. The fourth-order valence-electron chi connectivity index (χ4n) is 1.24. The van der Waals surface area contributed by atoms with Crippen LogP contribution in [-0.4, -0.2) is 42.2 Å². The molecule has 24 heavy (non-hydrogen) atoms. The van der Waals surface area contributed by atoms with Gasteiger partial charge in [0.25, 0.3) is 0 Å². The van der Waals surface area contributed by atoms with Crippen LogP contribution >= 0.6 is 0 Å². The molecule has 0 fully saturated rings. The average molecular weight is 414 g/mol. The summed E-state index contributed by atoms with van der Waals surface area (Å²) in [6.07, 6.45) is -11.7. The monoisotopic (exact) mass is 414 g/mol. The zero-order valence-corrected chi connectivity index (χ0v) is 14.2. The van der Waals surface area contributed by atoms with Crippen LogP contribution in [0.5, 0.6) is 0 Å². The summed E-state index contributed by atoms with van der Waals surface area (Å²) in [4.78, 5) is 0. The van der Waals surface area contributed by atoms with Crippen LogP contribution in [0.25, 0.3) is 0 Å². The minimum absolute atomic E-state index is 0. The van der Waals surface area contributed by atoms with Gasteiger partial charge in [-0.1, -0.05) is 0 Å². The minimum atomic E-state index is -7.47. The number of rotatable bonds is 7. The molecule has 0 aromatic heterocycles. The smallest absolute Gasteiger partial charge is 0.743 e. The van der Waals surface area contributed by atoms with Crippen molar-refractivity contribution in [2.45, 2.75) is 48.5 Å². The number of alkyl halides is 11. The molecule has 16 heteroatoms. The van der Waals surface area contributed by atoms with Crippen molar-refractivity contribution in [2.24, 2.45) is 0 Å². The first-order chi connectivity index (χ1) is 9.71. The van der Waals surface area contributed by atoms with Gasteiger partial charge >= 0.3 is 58.8 Å². The quantitative estimate of drug-likeness (QED) is 0.352. The van der Waals surface area contributed by atoms with Crippen molar-refractivity contribution in [3.8, 4) is 0 Å². The van der Waals surface area contributed by atoms with E-state index in [9.17, 15) is 61.3 Å². The van der Waals surface area contributed by atoms with Crippen molar-refractivity contribution in [3.63, 3.8) is 0 Å². The molecule has 0 rings (SSSR count). The molecule has 0 bridgehead atoms. The van der Waals surface area contributed by atoms with E-state index < -0.39 is 58.6 Å². The Morgan fingerprint density at radius 2 is 1.08 bits per heavy atom. The van der Waals surface area contributed by atoms with Crippen LogP contribution in [0, 0.1) is 0 Å². The standard InChI is InChI=1S/C8H7F11O3S.Na/c9-4(10,2-1-3-5(11,12)13)6(14,15)7(16,17)8(18,19)23(20,21)22;/h1-3H2,(H,20,21,22);/q;+1/p-1. The molecule has 0 spiro atoms. The van der Waals surface area contributed by atoms with Crippen molar-refractivity contribution in [2.75, 3.05) is 0 Å². The number of hydrogen-bond donors (Lipinski definition) is 0. The fraction of sp³-hybridized carbons (Fsp3) is 1.00. The Balaban J connectivity index is 0. The molecular formula is C8H6F11NaO3S. The second kappa shape index (κ2) is 7.40. The fourth-order valence-corrected chi connectivity index (χ4v) is 1.68. The molecule has 0 aliphatic heterocycles. The van der Waals surface area contributed by atoms with Crippen molar-refractivity contribution >= 4 is 10.1 Å². The van der Waals surface area contributed by atoms with E-state index in [1.54, 1.807) is 0 Å². The van der Waals surface area contributed by atoms with Crippen LogP contribution in [0.2, 0.25) is 0 Å². The second-order valence-corrected chi connectivity index (χ2v) is 5.71. The number of halogens is 11. The molecule has 0 heterocycles. The van der Waals surface area contributed by atoms with Gasteiger partial charge in [-0.15, -0.1) is 0 Å². The Labute approximate surface area is 149 Å². The predicted molar refractivity (Wildman–Crippen MR) is 49.4 cm³/mol. The first kappa shape index (κ1) is 26.4. The van der Waals surface area contributed by atoms with E-state index in [1.165, 1.54) is 0 Å². The van der Waals surface area contributed by atoms with Crippen molar-refractivity contribution in [1.29, 1.82) is 0 Å². The normalized spacial score (nSPS) is 15.2. The van der Waals surface area contributed by atoms with Crippen molar-refractivity contribution in [3.05, 3.63) is 0 Å². The first-order valence-corrected chi connectivity index (χ1v) is 6.65. The molecule has 0 unspecified atom stereocenters.